The number of carboxylic acids is 1. The summed E-state index contributed by atoms with van der Waals surface area (Å²) in [6.45, 7) is 3.31. The Labute approximate surface area is 123 Å². The Morgan fingerprint density at radius 2 is 1.90 bits per heavy atom. The molecule has 6 nitrogen and oxygen atoms in total. The molecule has 1 aromatic carbocycles. The molecule has 0 spiro atoms. The molecular formula is C15H20N2O4. The second-order valence-corrected chi connectivity index (χ2v) is 5.47. The minimum atomic E-state index is -1.02. The summed E-state index contributed by atoms with van der Waals surface area (Å²) in [5.74, 6) is -0.544. The number of benzene rings is 1. The van der Waals surface area contributed by atoms with Gasteiger partial charge in [0.15, 0.2) is 6.61 Å². The van der Waals surface area contributed by atoms with Gasteiger partial charge < -0.3 is 20.5 Å². The minimum absolute atomic E-state index is 0.0169. The molecule has 0 atom stereocenters. The third kappa shape index (κ3) is 4.19. The topological polar surface area (TPSA) is 87.7 Å². The molecule has 6 heteroatoms. The van der Waals surface area contributed by atoms with Gasteiger partial charge in [-0.3, -0.25) is 4.79 Å². The number of anilines is 1. The SMILES string of the molecule is CC1(C(=O)Nc2ccc(OCC(=O)O)cc2)CCNCC1. The first kappa shape index (κ1) is 15.3. The zero-order valence-electron chi connectivity index (χ0n) is 12.0. The van der Waals surface area contributed by atoms with Gasteiger partial charge in [0, 0.05) is 11.1 Å². The fourth-order valence-electron chi connectivity index (χ4n) is 2.27. The lowest BCUT2D eigenvalue weighted by molar-refractivity contribution is -0.139. The van der Waals surface area contributed by atoms with Crippen LogP contribution in [0.15, 0.2) is 24.3 Å². The number of hydrogen-bond donors (Lipinski definition) is 3. The van der Waals surface area contributed by atoms with E-state index in [1.54, 1.807) is 24.3 Å². The maximum Gasteiger partial charge on any atom is 0.341 e. The summed E-state index contributed by atoms with van der Waals surface area (Å²) in [6.07, 6.45) is 1.64. The first-order valence-electron chi connectivity index (χ1n) is 6.96. The lowest BCUT2D eigenvalue weighted by atomic mass is 9.80. The van der Waals surface area contributed by atoms with Crippen LogP contribution in [0.5, 0.6) is 5.75 Å². The maximum atomic E-state index is 12.3. The van der Waals surface area contributed by atoms with Crippen LogP contribution < -0.4 is 15.4 Å². The molecule has 0 aliphatic carbocycles. The number of amides is 1. The van der Waals surface area contributed by atoms with E-state index in [1.807, 2.05) is 6.92 Å². The van der Waals surface area contributed by atoms with Crippen LogP contribution >= 0.6 is 0 Å². The molecule has 21 heavy (non-hydrogen) atoms. The molecule has 1 amide bonds. The highest BCUT2D eigenvalue weighted by Crippen LogP contribution is 2.29. The zero-order chi connectivity index (χ0) is 15.3. The van der Waals surface area contributed by atoms with E-state index in [0.29, 0.717) is 11.4 Å². The first-order chi connectivity index (χ1) is 9.99. The van der Waals surface area contributed by atoms with Crippen molar-refractivity contribution in [3.63, 3.8) is 0 Å². The van der Waals surface area contributed by atoms with E-state index in [9.17, 15) is 9.59 Å². The van der Waals surface area contributed by atoms with Crippen molar-refractivity contribution in [3.8, 4) is 5.75 Å². The van der Waals surface area contributed by atoms with Crippen LogP contribution in [0.25, 0.3) is 0 Å². The molecule has 0 unspecified atom stereocenters. The van der Waals surface area contributed by atoms with Crippen molar-refractivity contribution in [3.05, 3.63) is 24.3 Å². The molecule has 1 aromatic rings. The first-order valence-corrected chi connectivity index (χ1v) is 6.96. The molecule has 1 fully saturated rings. The average Bonchev–Trinajstić information content (AvgIpc) is 2.47. The van der Waals surface area contributed by atoms with E-state index in [-0.39, 0.29) is 17.9 Å². The highest BCUT2D eigenvalue weighted by Gasteiger charge is 2.34. The Morgan fingerprint density at radius 3 is 2.48 bits per heavy atom. The summed E-state index contributed by atoms with van der Waals surface area (Å²) in [7, 11) is 0. The largest absolute Gasteiger partial charge is 0.482 e. The summed E-state index contributed by atoms with van der Waals surface area (Å²) in [5, 5.41) is 14.7. The normalized spacial score (nSPS) is 17.0. The van der Waals surface area contributed by atoms with Crippen LogP contribution in [0.4, 0.5) is 5.69 Å². The summed E-state index contributed by atoms with van der Waals surface area (Å²) < 4.78 is 5.04. The monoisotopic (exact) mass is 292 g/mol. The second kappa shape index (κ2) is 6.58. The van der Waals surface area contributed by atoms with Gasteiger partial charge in [-0.1, -0.05) is 6.92 Å². The molecule has 1 aliphatic rings. The summed E-state index contributed by atoms with van der Waals surface area (Å²) >= 11 is 0. The van der Waals surface area contributed by atoms with Gasteiger partial charge in [-0.15, -0.1) is 0 Å². The number of ether oxygens (including phenoxy) is 1. The summed E-state index contributed by atoms with van der Waals surface area (Å²) in [4.78, 5) is 22.7. The molecule has 1 heterocycles. The van der Waals surface area contributed by atoms with E-state index in [4.69, 9.17) is 9.84 Å². The van der Waals surface area contributed by atoms with E-state index in [2.05, 4.69) is 10.6 Å². The third-order valence-corrected chi connectivity index (χ3v) is 3.73. The fraction of sp³-hybridized carbons (Fsp3) is 0.467. The Morgan fingerprint density at radius 1 is 1.29 bits per heavy atom. The number of piperidine rings is 1. The minimum Gasteiger partial charge on any atom is -0.482 e. The Kier molecular flexibility index (Phi) is 4.80. The van der Waals surface area contributed by atoms with Gasteiger partial charge in [0.25, 0.3) is 0 Å². The molecule has 2 rings (SSSR count). The maximum absolute atomic E-state index is 12.3. The predicted octanol–water partition coefficient (Wildman–Crippen LogP) is 1.48. The number of aliphatic carboxylic acids is 1. The highest BCUT2D eigenvalue weighted by molar-refractivity contribution is 5.95. The van der Waals surface area contributed by atoms with Crippen LogP contribution in [0, 0.1) is 5.41 Å². The van der Waals surface area contributed by atoms with Gasteiger partial charge in [0.2, 0.25) is 5.91 Å². The van der Waals surface area contributed by atoms with Crippen LogP contribution in [-0.4, -0.2) is 36.7 Å². The molecule has 1 aliphatic heterocycles. The molecule has 3 N–H and O–H groups in total. The molecule has 0 radical (unpaired) electrons. The second-order valence-electron chi connectivity index (χ2n) is 5.47. The molecule has 0 bridgehead atoms. The Hall–Kier alpha value is -2.08. The van der Waals surface area contributed by atoms with Crippen molar-refractivity contribution in [2.24, 2.45) is 5.41 Å². The molecule has 114 valence electrons. The standard InChI is InChI=1S/C15H20N2O4/c1-15(6-8-16-9-7-15)14(20)17-11-2-4-12(5-3-11)21-10-13(18)19/h2-5,16H,6-10H2,1H3,(H,17,20)(H,18,19). The van der Waals surface area contributed by atoms with Crippen LogP contribution in [0.1, 0.15) is 19.8 Å². The van der Waals surface area contributed by atoms with E-state index >= 15 is 0 Å². The summed E-state index contributed by atoms with van der Waals surface area (Å²) in [6, 6.07) is 6.70. The lowest BCUT2D eigenvalue weighted by Crippen LogP contribution is -2.42. The number of rotatable bonds is 5. The van der Waals surface area contributed by atoms with E-state index < -0.39 is 5.97 Å². The van der Waals surface area contributed by atoms with Crippen molar-refractivity contribution in [2.45, 2.75) is 19.8 Å². The van der Waals surface area contributed by atoms with Crippen molar-refractivity contribution in [2.75, 3.05) is 25.0 Å². The van der Waals surface area contributed by atoms with Crippen molar-refractivity contribution < 1.29 is 19.4 Å². The number of carbonyl (C=O) groups excluding carboxylic acids is 1. The van der Waals surface area contributed by atoms with Gasteiger partial charge in [0.1, 0.15) is 5.75 Å². The molecule has 0 aromatic heterocycles. The zero-order valence-corrected chi connectivity index (χ0v) is 12.0. The van der Waals surface area contributed by atoms with Gasteiger partial charge in [-0.05, 0) is 50.2 Å². The molecule has 1 saturated heterocycles. The van der Waals surface area contributed by atoms with Gasteiger partial charge >= 0.3 is 5.97 Å². The van der Waals surface area contributed by atoms with Crippen molar-refractivity contribution in [1.82, 2.24) is 5.32 Å². The molecule has 0 saturated carbocycles. The Bertz CT molecular complexity index is 507. The van der Waals surface area contributed by atoms with Gasteiger partial charge in [-0.25, -0.2) is 4.79 Å². The number of hydrogen-bond acceptors (Lipinski definition) is 4. The van der Waals surface area contributed by atoms with Gasteiger partial charge in [-0.2, -0.15) is 0 Å². The molecular weight excluding hydrogens is 272 g/mol. The highest BCUT2D eigenvalue weighted by atomic mass is 16.5. The van der Waals surface area contributed by atoms with Crippen LogP contribution in [-0.2, 0) is 9.59 Å². The quantitative estimate of drug-likeness (QED) is 0.765. The Balaban J connectivity index is 1.93. The third-order valence-electron chi connectivity index (χ3n) is 3.73. The van der Waals surface area contributed by atoms with Crippen molar-refractivity contribution >= 4 is 17.6 Å². The van der Waals surface area contributed by atoms with Crippen LogP contribution in [0.2, 0.25) is 0 Å². The van der Waals surface area contributed by atoms with Gasteiger partial charge in [0.05, 0.1) is 0 Å². The van der Waals surface area contributed by atoms with E-state index in [1.165, 1.54) is 0 Å². The van der Waals surface area contributed by atoms with Crippen LogP contribution in [0.3, 0.4) is 0 Å². The lowest BCUT2D eigenvalue weighted by Gasteiger charge is -2.32. The predicted molar refractivity (Wildman–Crippen MR) is 78.4 cm³/mol. The summed E-state index contributed by atoms with van der Waals surface area (Å²) in [5.41, 5.74) is 0.339. The van der Waals surface area contributed by atoms with E-state index in [0.717, 1.165) is 25.9 Å². The number of carboxylic acid groups (broad SMARTS) is 1. The smallest absolute Gasteiger partial charge is 0.341 e. The number of carbonyl (C=O) groups is 2. The fourth-order valence-corrected chi connectivity index (χ4v) is 2.27. The number of nitrogens with one attached hydrogen (secondary N) is 2. The average molecular weight is 292 g/mol. The van der Waals surface area contributed by atoms with Crippen molar-refractivity contribution in [1.29, 1.82) is 0 Å².